The van der Waals surface area contributed by atoms with E-state index >= 15 is 0 Å². The number of aryl methyl sites for hydroxylation is 2. The van der Waals surface area contributed by atoms with Crippen molar-refractivity contribution in [2.45, 2.75) is 102 Å². The molecule has 370 valence electrons. The van der Waals surface area contributed by atoms with E-state index in [1.807, 2.05) is 6.07 Å². The lowest BCUT2D eigenvalue weighted by Gasteiger charge is -2.32. The van der Waals surface area contributed by atoms with Crippen LogP contribution in [0.25, 0.3) is 22.5 Å². The van der Waals surface area contributed by atoms with Crippen molar-refractivity contribution in [3.05, 3.63) is 94.3 Å². The second-order valence-corrected chi connectivity index (χ2v) is 18.5. The van der Waals surface area contributed by atoms with Crippen LogP contribution in [0.3, 0.4) is 0 Å². The summed E-state index contributed by atoms with van der Waals surface area (Å²) in [6, 6.07) is 15.6. The van der Waals surface area contributed by atoms with Crippen molar-refractivity contribution in [2.24, 2.45) is 23.1 Å². The number of nitriles is 1. The average Bonchev–Trinajstić information content (AvgIpc) is 3.97. The third-order valence-electron chi connectivity index (χ3n) is 13.8. The van der Waals surface area contributed by atoms with Crippen molar-refractivity contribution in [1.82, 2.24) is 36.1 Å². The minimum Gasteiger partial charge on any atom is -0.492 e. The predicted octanol–water partition coefficient (Wildman–Crippen LogP) is 3.16. The quantitative estimate of drug-likeness (QED) is 0.0750. The van der Waals surface area contributed by atoms with Crippen molar-refractivity contribution in [1.29, 1.82) is 5.26 Å². The monoisotopic (exact) mass is 956 g/mol. The number of nitrogens with one attached hydrogen (secondary N) is 4. The van der Waals surface area contributed by atoms with E-state index in [1.54, 1.807) is 50.2 Å². The van der Waals surface area contributed by atoms with E-state index in [2.05, 4.69) is 45.5 Å². The van der Waals surface area contributed by atoms with Crippen LogP contribution in [0.2, 0.25) is 0 Å². The number of hydrogen-bond donors (Lipinski definition) is 7. The van der Waals surface area contributed by atoms with Gasteiger partial charge in [0.05, 0.1) is 23.0 Å². The number of hydrogen-bond acceptors (Lipinski definition) is 13. The van der Waals surface area contributed by atoms with Gasteiger partial charge in [0.1, 0.15) is 55.4 Å². The summed E-state index contributed by atoms with van der Waals surface area (Å²) in [6.45, 7) is 5.29. The molecule has 0 spiro atoms. The largest absolute Gasteiger partial charge is 0.492 e. The number of benzene rings is 3. The third-order valence-corrected chi connectivity index (χ3v) is 13.8. The van der Waals surface area contributed by atoms with Gasteiger partial charge < -0.3 is 52.8 Å². The molecule has 10 N–H and O–H groups in total. The Hall–Kier alpha value is -6.94. The molecule has 3 aliphatic rings. The molecule has 2 aliphatic carbocycles. The molecule has 2 saturated carbocycles. The standard InChI is InChI=1S/C52H65N11O7/c1-30-44(31(2)59-46(58-30)34-10-13-37(14-11-34)52(18-19-52)36-7-5-6-8-36)49(66)61-40(17-20-53)51(68)63(4)45-35-12-16-43(70-26-23-56)39(29-35)38-27-33(9-15-42(38)69-25-22-55)28-41(48(65)57-24-21-54)62-47(64)32(3)60-50(45)67/h9-16,27,29,32,36,40-41,45H,5-8,17-20,22-26,28,53,55-56H2,1-4H3,(H,57,65)(H,60,67)(H,61,66)(H,62,64)/t32-,40-,41-,45-/m0/s1. The molecule has 70 heavy (non-hydrogen) atoms. The molecule has 18 heteroatoms. The Morgan fingerprint density at radius 3 is 2.10 bits per heavy atom. The highest BCUT2D eigenvalue weighted by atomic mass is 16.5. The molecule has 1 aromatic heterocycles. The van der Waals surface area contributed by atoms with Crippen LogP contribution >= 0.6 is 0 Å². The zero-order valence-electron chi connectivity index (χ0n) is 40.4. The summed E-state index contributed by atoms with van der Waals surface area (Å²) in [7, 11) is 1.43. The lowest BCUT2D eigenvalue weighted by Crippen LogP contribution is -2.56. The van der Waals surface area contributed by atoms with Crippen molar-refractivity contribution in [3.63, 3.8) is 0 Å². The number of rotatable bonds is 17. The first-order valence-electron chi connectivity index (χ1n) is 24.2. The zero-order valence-corrected chi connectivity index (χ0v) is 40.4. The SMILES string of the molecule is Cc1nc(-c2ccc(C3(C4CCCC4)CC3)cc2)nc(C)c1C(=O)N[C@@H](CCN)C(=O)N(C)[C@@H]1C(=O)N[C@@H](C)C(=O)N[C@H](C(=O)NCC#N)Cc2ccc(OCCN)c(c2)-c2cc1ccc2OCCN. The Morgan fingerprint density at radius 1 is 0.871 bits per heavy atom. The van der Waals surface area contributed by atoms with Crippen LogP contribution in [0.4, 0.5) is 0 Å². The molecule has 2 fully saturated rings. The number of amides is 5. The molecular formula is C52H65N11O7. The van der Waals surface area contributed by atoms with Gasteiger partial charge in [0.15, 0.2) is 5.82 Å². The van der Waals surface area contributed by atoms with Crippen LogP contribution in [0, 0.1) is 31.1 Å². The van der Waals surface area contributed by atoms with E-state index in [-0.39, 0.29) is 63.2 Å². The Bertz CT molecular complexity index is 2600. The summed E-state index contributed by atoms with van der Waals surface area (Å²) < 4.78 is 12.2. The number of nitrogens with two attached hydrogens (primary N) is 3. The topological polar surface area (TPSA) is 283 Å². The van der Waals surface area contributed by atoms with Crippen molar-refractivity contribution >= 4 is 29.5 Å². The third kappa shape index (κ3) is 11.2. The highest BCUT2D eigenvalue weighted by Gasteiger charge is 2.50. The van der Waals surface area contributed by atoms with E-state index in [0.717, 1.165) is 11.5 Å². The van der Waals surface area contributed by atoms with Gasteiger partial charge in [-0.1, -0.05) is 49.2 Å². The predicted molar refractivity (Wildman–Crippen MR) is 263 cm³/mol. The van der Waals surface area contributed by atoms with Gasteiger partial charge in [-0.25, -0.2) is 9.97 Å². The molecule has 5 amide bonds. The van der Waals surface area contributed by atoms with E-state index in [1.165, 1.54) is 63.0 Å². The van der Waals surface area contributed by atoms with Crippen LogP contribution < -0.4 is 47.9 Å². The molecule has 0 unspecified atom stereocenters. The number of carbonyl (C=O) groups is 5. The van der Waals surface area contributed by atoms with E-state index < -0.39 is 53.7 Å². The fourth-order valence-electron chi connectivity index (χ4n) is 10.0. The smallest absolute Gasteiger partial charge is 0.255 e. The van der Waals surface area contributed by atoms with E-state index in [9.17, 15) is 29.2 Å². The number of likely N-dealkylation sites (N-methyl/N-ethyl adjacent to an activating group) is 1. The lowest BCUT2D eigenvalue weighted by molar-refractivity contribution is -0.141. The molecule has 18 nitrogen and oxygen atoms in total. The molecule has 3 aromatic carbocycles. The van der Waals surface area contributed by atoms with Crippen LogP contribution in [-0.4, -0.2) is 109 Å². The summed E-state index contributed by atoms with van der Waals surface area (Å²) in [5.74, 6) is -1.29. The first kappa shape index (κ1) is 50.9. The maximum absolute atomic E-state index is 14.8. The second-order valence-electron chi connectivity index (χ2n) is 18.5. The molecule has 1 aliphatic heterocycles. The van der Waals surface area contributed by atoms with Gasteiger partial charge in [-0.05, 0) is 112 Å². The van der Waals surface area contributed by atoms with Crippen molar-refractivity contribution < 1.29 is 33.4 Å². The van der Waals surface area contributed by atoms with Crippen molar-refractivity contribution in [2.75, 3.05) is 46.4 Å². The van der Waals surface area contributed by atoms with Gasteiger partial charge in [-0.15, -0.1) is 0 Å². The number of carbonyl (C=O) groups excluding carboxylic acids is 5. The summed E-state index contributed by atoms with van der Waals surface area (Å²) in [5, 5.41) is 20.0. The maximum atomic E-state index is 14.8. The summed E-state index contributed by atoms with van der Waals surface area (Å²) in [4.78, 5) is 81.6. The van der Waals surface area contributed by atoms with Crippen LogP contribution in [-0.2, 0) is 31.0 Å². The fourth-order valence-corrected chi connectivity index (χ4v) is 10.0. The van der Waals surface area contributed by atoms with E-state index in [4.69, 9.17) is 36.6 Å². The summed E-state index contributed by atoms with van der Waals surface area (Å²) in [6.07, 6.45) is 7.64. The number of fused-ring (bicyclic) bond motifs is 5. The highest BCUT2D eigenvalue weighted by molar-refractivity contribution is 6.00. The Labute approximate surface area is 408 Å². The Balaban J connectivity index is 1.21. The lowest BCUT2D eigenvalue weighted by atomic mass is 9.81. The number of nitrogens with zero attached hydrogens (tertiary/aromatic N) is 4. The minimum absolute atomic E-state index is 0.00454. The highest BCUT2D eigenvalue weighted by Crippen LogP contribution is 2.58. The zero-order chi connectivity index (χ0) is 50.1. The van der Waals surface area contributed by atoms with Crippen LogP contribution in [0.1, 0.15) is 96.3 Å². The minimum atomic E-state index is -1.40. The molecular weight excluding hydrogens is 891 g/mol. The summed E-state index contributed by atoms with van der Waals surface area (Å²) >= 11 is 0. The molecule has 4 aromatic rings. The molecule has 0 saturated heterocycles. The van der Waals surface area contributed by atoms with Gasteiger partial charge in [0, 0.05) is 43.2 Å². The normalized spacial score (nSPS) is 19.1. The van der Waals surface area contributed by atoms with E-state index in [0.29, 0.717) is 51.0 Å². The maximum Gasteiger partial charge on any atom is 0.255 e. The average molecular weight is 956 g/mol. The number of ether oxygens (including phenoxy) is 2. The first-order valence-corrected chi connectivity index (χ1v) is 24.2. The van der Waals surface area contributed by atoms with Crippen LogP contribution in [0.15, 0.2) is 60.7 Å². The second kappa shape index (κ2) is 22.7. The van der Waals surface area contributed by atoms with Crippen LogP contribution in [0.5, 0.6) is 11.5 Å². The molecule has 0 radical (unpaired) electrons. The summed E-state index contributed by atoms with van der Waals surface area (Å²) in [5.41, 5.74) is 23.2. The molecule has 4 atom stereocenters. The number of aromatic nitrogens is 2. The molecule has 4 bridgehead atoms. The van der Waals surface area contributed by atoms with Gasteiger partial charge in [0.2, 0.25) is 23.6 Å². The van der Waals surface area contributed by atoms with Crippen molar-refractivity contribution in [3.8, 4) is 40.1 Å². The Morgan fingerprint density at radius 2 is 1.50 bits per heavy atom. The van der Waals surface area contributed by atoms with Gasteiger partial charge in [0.25, 0.3) is 5.91 Å². The first-order chi connectivity index (χ1) is 33.7. The van der Waals surface area contributed by atoms with Gasteiger partial charge in [-0.2, -0.15) is 5.26 Å². The fraction of sp³-hybridized carbons (Fsp3) is 0.462. The molecule has 2 heterocycles. The van der Waals surface area contributed by atoms with Gasteiger partial charge >= 0.3 is 0 Å². The van der Waals surface area contributed by atoms with Gasteiger partial charge in [-0.3, -0.25) is 24.0 Å². The Kier molecular flexibility index (Phi) is 16.5. The molecule has 7 rings (SSSR count).